The van der Waals surface area contributed by atoms with E-state index in [1.54, 1.807) is 0 Å². The summed E-state index contributed by atoms with van der Waals surface area (Å²) >= 11 is 0. The van der Waals surface area contributed by atoms with Gasteiger partial charge in [0.25, 0.3) is 0 Å². The topological polar surface area (TPSA) is 17.1 Å². The number of benzene rings is 1. The molecule has 0 saturated heterocycles. The molecule has 2 bridgehead atoms. The van der Waals surface area contributed by atoms with E-state index in [-0.39, 0.29) is 0 Å². The Bertz CT molecular complexity index is 355. The molecule has 0 aromatic heterocycles. The lowest BCUT2D eigenvalue weighted by atomic mass is 9.83. The second kappa shape index (κ2) is 2.94. The molecule has 0 heterocycles. The van der Waals surface area contributed by atoms with E-state index in [1.165, 1.54) is 5.56 Å². The van der Waals surface area contributed by atoms with E-state index < -0.39 is 0 Å². The van der Waals surface area contributed by atoms with Gasteiger partial charge in [-0.1, -0.05) is 30.3 Å². The third-order valence-electron chi connectivity index (χ3n) is 3.84. The van der Waals surface area contributed by atoms with Crippen LogP contribution in [-0.2, 0) is 4.79 Å². The molecule has 0 radical (unpaired) electrons. The molecule has 3 atom stereocenters. The largest absolute Gasteiger partial charge is 0.299 e. The molecule has 1 aromatic carbocycles. The molecule has 2 aliphatic rings. The van der Waals surface area contributed by atoms with Crippen LogP contribution in [0.1, 0.15) is 30.7 Å². The third-order valence-corrected chi connectivity index (χ3v) is 3.84. The number of fused-ring (bicyclic) bond motifs is 2. The molecule has 0 aliphatic heterocycles. The normalized spacial score (nSPS) is 35.1. The fraction of sp³-hybridized carbons (Fsp3) is 0.462. The highest BCUT2D eigenvalue weighted by atomic mass is 16.1. The predicted octanol–water partition coefficient (Wildman–Crippen LogP) is 2.77. The number of carbonyl (C=O) groups is 1. The number of rotatable bonds is 1. The fourth-order valence-electron chi connectivity index (χ4n) is 3.15. The van der Waals surface area contributed by atoms with Crippen molar-refractivity contribution in [2.45, 2.75) is 25.2 Å². The molecule has 1 nitrogen and oxygen atoms in total. The van der Waals surface area contributed by atoms with E-state index in [0.717, 1.165) is 19.3 Å². The molecule has 2 fully saturated rings. The maximum atomic E-state index is 11.4. The number of hydrogen-bond donors (Lipinski definition) is 0. The Morgan fingerprint density at radius 3 is 2.43 bits per heavy atom. The molecule has 72 valence electrons. The van der Waals surface area contributed by atoms with Crippen molar-refractivity contribution < 1.29 is 4.79 Å². The quantitative estimate of drug-likeness (QED) is 0.659. The van der Waals surface area contributed by atoms with E-state index in [1.807, 2.05) is 0 Å². The van der Waals surface area contributed by atoms with Crippen LogP contribution in [0.5, 0.6) is 0 Å². The van der Waals surface area contributed by atoms with Gasteiger partial charge in [-0.3, -0.25) is 4.79 Å². The number of ketones is 1. The van der Waals surface area contributed by atoms with Gasteiger partial charge in [-0.05, 0) is 30.2 Å². The van der Waals surface area contributed by atoms with Gasteiger partial charge in [0.1, 0.15) is 5.78 Å². The molecule has 14 heavy (non-hydrogen) atoms. The van der Waals surface area contributed by atoms with Crippen LogP contribution in [0.2, 0.25) is 0 Å². The first-order valence-electron chi connectivity index (χ1n) is 5.42. The van der Waals surface area contributed by atoms with E-state index in [9.17, 15) is 4.79 Å². The van der Waals surface area contributed by atoms with Crippen molar-refractivity contribution in [3.8, 4) is 0 Å². The minimum atomic E-state index is 0.394. The highest BCUT2D eigenvalue weighted by molar-refractivity contribution is 5.84. The highest BCUT2D eigenvalue weighted by Gasteiger charge is 2.45. The van der Waals surface area contributed by atoms with Gasteiger partial charge in [0.05, 0.1) is 0 Å². The Labute approximate surface area is 84.1 Å². The minimum Gasteiger partial charge on any atom is -0.299 e. The average molecular weight is 186 g/mol. The van der Waals surface area contributed by atoms with Crippen LogP contribution in [-0.4, -0.2) is 5.78 Å². The molecular formula is C13H14O. The zero-order valence-electron chi connectivity index (χ0n) is 8.15. The SMILES string of the molecule is O=C1CC2CC1CC2c1ccccc1. The summed E-state index contributed by atoms with van der Waals surface area (Å²) in [6, 6.07) is 10.7. The van der Waals surface area contributed by atoms with Crippen molar-refractivity contribution in [1.29, 1.82) is 0 Å². The summed E-state index contributed by atoms with van der Waals surface area (Å²) in [6.45, 7) is 0. The Hall–Kier alpha value is -1.11. The van der Waals surface area contributed by atoms with Gasteiger partial charge in [0.2, 0.25) is 0 Å². The van der Waals surface area contributed by atoms with Crippen LogP contribution < -0.4 is 0 Å². The van der Waals surface area contributed by atoms with Crippen LogP contribution in [0.3, 0.4) is 0 Å². The van der Waals surface area contributed by atoms with Crippen LogP contribution >= 0.6 is 0 Å². The van der Waals surface area contributed by atoms with Crippen molar-refractivity contribution in [2.75, 3.05) is 0 Å². The Morgan fingerprint density at radius 2 is 1.86 bits per heavy atom. The van der Waals surface area contributed by atoms with Gasteiger partial charge in [-0.15, -0.1) is 0 Å². The molecule has 2 aliphatic carbocycles. The van der Waals surface area contributed by atoms with Crippen molar-refractivity contribution in [1.82, 2.24) is 0 Å². The van der Waals surface area contributed by atoms with E-state index in [2.05, 4.69) is 30.3 Å². The maximum absolute atomic E-state index is 11.4. The lowest BCUT2D eigenvalue weighted by molar-refractivity contribution is -0.121. The second-order valence-corrected chi connectivity index (χ2v) is 4.62. The molecule has 3 unspecified atom stereocenters. The second-order valence-electron chi connectivity index (χ2n) is 4.62. The van der Waals surface area contributed by atoms with E-state index >= 15 is 0 Å². The van der Waals surface area contributed by atoms with Gasteiger partial charge < -0.3 is 0 Å². The van der Waals surface area contributed by atoms with Crippen LogP contribution in [0.4, 0.5) is 0 Å². The fourth-order valence-corrected chi connectivity index (χ4v) is 3.15. The number of Topliss-reactive ketones (excluding diaryl/α,β-unsaturated/α-hetero) is 1. The molecular weight excluding hydrogens is 172 g/mol. The first-order valence-corrected chi connectivity index (χ1v) is 5.42. The summed E-state index contributed by atoms with van der Waals surface area (Å²) in [5, 5.41) is 0. The van der Waals surface area contributed by atoms with Gasteiger partial charge in [-0.25, -0.2) is 0 Å². The minimum absolute atomic E-state index is 0.394. The molecule has 0 spiro atoms. The molecule has 0 N–H and O–H groups in total. The Balaban J connectivity index is 1.87. The molecule has 1 aromatic rings. The van der Waals surface area contributed by atoms with Crippen LogP contribution in [0, 0.1) is 11.8 Å². The summed E-state index contributed by atoms with van der Waals surface area (Å²) in [7, 11) is 0. The smallest absolute Gasteiger partial charge is 0.136 e. The standard InChI is InChI=1S/C13H14O/c14-13-8-10-6-11(13)7-12(10)9-4-2-1-3-5-9/h1-5,10-12H,6-8H2. The van der Waals surface area contributed by atoms with Gasteiger partial charge >= 0.3 is 0 Å². The number of hydrogen-bond acceptors (Lipinski definition) is 1. The first-order chi connectivity index (χ1) is 6.84. The summed E-state index contributed by atoms with van der Waals surface area (Å²) in [4.78, 5) is 11.4. The number of carbonyl (C=O) groups excluding carboxylic acids is 1. The molecule has 1 heteroatoms. The van der Waals surface area contributed by atoms with Crippen molar-refractivity contribution in [3.63, 3.8) is 0 Å². The summed E-state index contributed by atoms with van der Waals surface area (Å²) in [5.74, 6) is 2.22. The van der Waals surface area contributed by atoms with Gasteiger partial charge in [0.15, 0.2) is 0 Å². The Morgan fingerprint density at radius 1 is 1.07 bits per heavy atom. The lowest BCUT2D eigenvalue weighted by Crippen LogP contribution is -2.15. The van der Waals surface area contributed by atoms with Gasteiger partial charge in [0, 0.05) is 12.3 Å². The molecule has 3 rings (SSSR count). The zero-order chi connectivity index (χ0) is 9.54. The zero-order valence-corrected chi connectivity index (χ0v) is 8.15. The first kappa shape index (κ1) is 8.22. The maximum Gasteiger partial charge on any atom is 0.136 e. The summed E-state index contributed by atoms with van der Waals surface area (Å²) < 4.78 is 0. The van der Waals surface area contributed by atoms with E-state index in [0.29, 0.717) is 23.5 Å². The third kappa shape index (κ3) is 1.12. The van der Waals surface area contributed by atoms with Crippen molar-refractivity contribution in [2.24, 2.45) is 11.8 Å². The average Bonchev–Trinajstić information content (AvgIpc) is 2.77. The molecule has 0 amide bonds. The highest BCUT2D eigenvalue weighted by Crippen LogP contribution is 2.50. The summed E-state index contributed by atoms with van der Waals surface area (Å²) in [5.41, 5.74) is 1.44. The summed E-state index contributed by atoms with van der Waals surface area (Å²) in [6.07, 6.45) is 3.09. The lowest BCUT2D eigenvalue weighted by Gasteiger charge is -2.21. The van der Waals surface area contributed by atoms with Gasteiger partial charge in [-0.2, -0.15) is 0 Å². The van der Waals surface area contributed by atoms with E-state index in [4.69, 9.17) is 0 Å². The van der Waals surface area contributed by atoms with Crippen LogP contribution in [0.15, 0.2) is 30.3 Å². The monoisotopic (exact) mass is 186 g/mol. The molecule has 2 saturated carbocycles. The Kier molecular flexibility index (Phi) is 1.73. The van der Waals surface area contributed by atoms with Crippen LogP contribution in [0.25, 0.3) is 0 Å². The predicted molar refractivity (Wildman–Crippen MR) is 55.0 cm³/mol. The van der Waals surface area contributed by atoms with Crippen molar-refractivity contribution in [3.05, 3.63) is 35.9 Å². The van der Waals surface area contributed by atoms with Crippen molar-refractivity contribution >= 4 is 5.78 Å².